The molecule has 3 atom stereocenters. The van der Waals surface area contributed by atoms with Crippen molar-refractivity contribution < 1.29 is 19.1 Å². The molecular formula is C34H35NO4. The Balaban J connectivity index is 1.56. The molecule has 1 aliphatic heterocycles. The molecule has 5 nitrogen and oxygen atoms in total. The van der Waals surface area contributed by atoms with Crippen LogP contribution in [0.4, 0.5) is 0 Å². The highest BCUT2D eigenvalue weighted by molar-refractivity contribution is 6.09. The smallest absolute Gasteiger partial charge is 0.315 e. The lowest BCUT2D eigenvalue weighted by atomic mass is 9.69. The van der Waals surface area contributed by atoms with Gasteiger partial charge in [0.05, 0.1) is 6.61 Å². The first-order valence-corrected chi connectivity index (χ1v) is 13.7. The Labute approximate surface area is 230 Å². The molecule has 0 aromatic heterocycles. The molecule has 1 unspecified atom stereocenters. The number of ketones is 1. The molecular weight excluding hydrogens is 486 g/mol. The Kier molecular flexibility index (Phi) is 8.06. The van der Waals surface area contributed by atoms with Crippen molar-refractivity contribution in [2.24, 2.45) is 16.8 Å². The molecule has 3 aromatic carbocycles. The Morgan fingerprint density at radius 2 is 1.59 bits per heavy atom. The Hall–Kier alpha value is -3.99. The van der Waals surface area contributed by atoms with Crippen LogP contribution in [-0.2, 0) is 20.9 Å². The van der Waals surface area contributed by atoms with Crippen LogP contribution in [0.5, 0.6) is 5.75 Å². The summed E-state index contributed by atoms with van der Waals surface area (Å²) in [4.78, 5) is 32.4. The van der Waals surface area contributed by atoms with E-state index in [4.69, 9.17) is 14.5 Å². The molecule has 0 spiro atoms. The largest absolute Gasteiger partial charge is 0.489 e. The second kappa shape index (κ2) is 11.8. The van der Waals surface area contributed by atoms with E-state index < -0.39 is 11.8 Å². The van der Waals surface area contributed by atoms with E-state index in [9.17, 15) is 9.59 Å². The van der Waals surface area contributed by atoms with Crippen molar-refractivity contribution in [2.75, 3.05) is 6.61 Å². The summed E-state index contributed by atoms with van der Waals surface area (Å²) in [6.07, 6.45) is 1.04. The van der Waals surface area contributed by atoms with Crippen LogP contribution in [0, 0.1) is 11.8 Å². The summed E-state index contributed by atoms with van der Waals surface area (Å²) in [6, 6.07) is 27.8. The second-order valence-electron chi connectivity index (χ2n) is 10.8. The number of nitrogens with zero attached hydrogens (tertiary/aromatic N) is 1. The lowest BCUT2D eigenvalue weighted by molar-refractivity contribution is -0.147. The molecule has 1 aliphatic carbocycles. The van der Waals surface area contributed by atoms with Crippen molar-refractivity contribution in [3.8, 4) is 5.75 Å². The van der Waals surface area contributed by atoms with Crippen molar-refractivity contribution in [3.05, 3.63) is 113 Å². The maximum Gasteiger partial charge on any atom is 0.315 e. The third-order valence-corrected chi connectivity index (χ3v) is 7.46. The third-order valence-electron chi connectivity index (χ3n) is 7.46. The highest BCUT2D eigenvalue weighted by Gasteiger charge is 2.45. The van der Waals surface area contributed by atoms with E-state index >= 15 is 0 Å². The van der Waals surface area contributed by atoms with Gasteiger partial charge in [0.1, 0.15) is 18.3 Å². The third kappa shape index (κ3) is 5.88. The van der Waals surface area contributed by atoms with Gasteiger partial charge in [0.2, 0.25) is 0 Å². The zero-order valence-electron chi connectivity index (χ0n) is 22.8. The minimum absolute atomic E-state index is 0.0332. The highest BCUT2D eigenvalue weighted by Crippen LogP contribution is 2.48. The van der Waals surface area contributed by atoms with Crippen LogP contribution in [0.15, 0.2) is 101 Å². The number of rotatable bonds is 8. The van der Waals surface area contributed by atoms with Crippen molar-refractivity contribution in [1.82, 2.24) is 0 Å². The van der Waals surface area contributed by atoms with E-state index in [-0.39, 0.29) is 23.6 Å². The van der Waals surface area contributed by atoms with Gasteiger partial charge in [-0.1, -0.05) is 92.7 Å². The van der Waals surface area contributed by atoms with Crippen molar-refractivity contribution in [3.63, 3.8) is 0 Å². The molecule has 39 heavy (non-hydrogen) atoms. The minimum atomic E-state index is -0.693. The normalized spacial score (nSPS) is 20.9. The second-order valence-corrected chi connectivity index (χ2v) is 10.8. The quantitative estimate of drug-likeness (QED) is 0.298. The summed E-state index contributed by atoms with van der Waals surface area (Å²) >= 11 is 0. The minimum Gasteiger partial charge on any atom is -0.489 e. The average Bonchev–Trinajstić information content (AvgIpc) is 2.95. The summed E-state index contributed by atoms with van der Waals surface area (Å²) in [5, 5.41) is 0. The predicted octanol–water partition coefficient (Wildman–Crippen LogP) is 7.04. The van der Waals surface area contributed by atoms with Crippen LogP contribution in [0.3, 0.4) is 0 Å². The monoisotopic (exact) mass is 521 g/mol. The maximum absolute atomic E-state index is 13.9. The summed E-state index contributed by atoms with van der Waals surface area (Å²) in [6.45, 7) is 6.60. The van der Waals surface area contributed by atoms with Gasteiger partial charge < -0.3 is 9.47 Å². The molecule has 1 heterocycles. The van der Waals surface area contributed by atoms with Gasteiger partial charge in [-0.15, -0.1) is 0 Å². The number of para-hydroxylation sites is 1. The molecule has 5 rings (SSSR count). The fourth-order valence-electron chi connectivity index (χ4n) is 5.60. The van der Waals surface area contributed by atoms with Crippen LogP contribution in [0.1, 0.15) is 62.1 Å². The number of ether oxygens (including phenoxy) is 2. The SMILES string of the molecule is CC1=NC2=C(C(=O)C[C@H](c3ccccc3)C2)[C@@H](c2ccccc2OCc2ccccc2)C1C(=O)OCC(C)C. The molecule has 0 bridgehead atoms. The topological polar surface area (TPSA) is 65.0 Å². The van der Waals surface area contributed by atoms with Crippen LogP contribution in [0.2, 0.25) is 0 Å². The van der Waals surface area contributed by atoms with E-state index in [1.54, 1.807) is 0 Å². The number of carbonyl (C=O) groups is 2. The van der Waals surface area contributed by atoms with E-state index in [1.807, 2.05) is 93.6 Å². The number of aliphatic imine (C=N–C) groups is 1. The van der Waals surface area contributed by atoms with Gasteiger partial charge >= 0.3 is 5.97 Å². The molecule has 2 aliphatic rings. The van der Waals surface area contributed by atoms with Crippen molar-refractivity contribution >= 4 is 17.5 Å². The standard InChI is InChI=1S/C34H35NO4/c1-22(2)20-39-34(37)31-23(3)35-28-18-26(25-14-8-5-9-15-25)19-29(36)33(28)32(31)27-16-10-11-17-30(27)38-21-24-12-6-4-7-13-24/h4-17,22,26,31-32H,18-21H2,1-3H3/t26-,31?,32+/m1/s1. The Morgan fingerprint density at radius 1 is 0.923 bits per heavy atom. The maximum atomic E-state index is 13.9. The number of hydrogen-bond acceptors (Lipinski definition) is 5. The highest BCUT2D eigenvalue weighted by atomic mass is 16.5. The lowest BCUT2D eigenvalue weighted by Gasteiger charge is -2.37. The number of hydrogen-bond donors (Lipinski definition) is 0. The van der Waals surface area contributed by atoms with E-state index in [0.29, 0.717) is 43.1 Å². The van der Waals surface area contributed by atoms with Gasteiger partial charge in [-0.05, 0) is 42.4 Å². The Morgan fingerprint density at radius 3 is 2.31 bits per heavy atom. The molecule has 0 radical (unpaired) electrons. The van der Waals surface area contributed by atoms with Gasteiger partial charge in [-0.25, -0.2) is 0 Å². The number of Topliss-reactive ketones (excluding diaryl/α,β-unsaturated/α-hetero) is 1. The zero-order valence-corrected chi connectivity index (χ0v) is 22.8. The van der Waals surface area contributed by atoms with Crippen LogP contribution in [0.25, 0.3) is 0 Å². The molecule has 200 valence electrons. The first-order valence-electron chi connectivity index (χ1n) is 13.7. The van der Waals surface area contributed by atoms with Crippen molar-refractivity contribution in [2.45, 2.75) is 52.1 Å². The van der Waals surface area contributed by atoms with Crippen LogP contribution in [-0.4, -0.2) is 24.1 Å². The van der Waals surface area contributed by atoms with Crippen LogP contribution < -0.4 is 4.74 Å². The van der Waals surface area contributed by atoms with E-state index in [2.05, 4.69) is 12.1 Å². The fourth-order valence-corrected chi connectivity index (χ4v) is 5.60. The summed E-state index contributed by atoms with van der Waals surface area (Å²) < 4.78 is 12.1. The number of esters is 1. The molecule has 0 amide bonds. The van der Waals surface area contributed by atoms with Gasteiger partial charge in [-0.3, -0.25) is 14.6 Å². The van der Waals surface area contributed by atoms with E-state index in [0.717, 1.165) is 22.4 Å². The summed E-state index contributed by atoms with van der Waals surface area (Å²) in [5.74, 6) is -0.610. The molecule has 0 saturated carbocycles. The van der Waals surface area contributed by atoms with Gasteiger partial charge in [-0.2, -0.15) is 0 Å². The molecule has 0 fully saturated rings. The van der Waals surface area contributed by atoms with Crippen LogP contribution >= 0.6 is 0 Å². The summed E-state index contributed by atoms with van der Waals surface area (Å²) in [7, 11) is 0. The Bertz CT molecular complexity index is 1390. The predicted molar refractivity (Wildman–Crippen MR) is 153 cm³/mol. The molecule has 3 aromatic rings. The molecule has 0 N–H and O–H groups in total. The van der Waals surface area contributed by atoms with Gasteiger partial charge in [0.25, 0.3) is 0 Å². The van der Waals surface area contributed by atoms with E-state index in [1.165, 1.54) is 0 Å². The number of carbonyl (C=O) groups excluding carboxylic acids is 2. The summed E-state index contributed by atoms with van der Waals surface area (Å²) in [5.41, 5.74) is 5.05. The van der Waals surface area contributed by atoms with Crippen molar-refractivity contribution in [1.29, 1.82) is 0 Å². The zero-order chi connectivity index (χ0) is 27.4. The van der Waals surface area contributed by atoms with Gasteiger partial charge in [0.15, 0.2) is 5.78 Å². The number of benzene rings is 3. The first kappa shape index (κ1) is 26.6. The molecule has 5 heteroatoms. The number of allylic oxidation sites excluding steroid dienone is 2. The molecule has 0 saturated heterocycles. The average molecular weight is 522 g/mol. The lowest BCUT2D eigenvalue weighted by Crippen LogP contribution is -2.38. The fraction of sp³-hybridized carbons (Fsp3) is 0.324. The van der Waals surface area contributed by atoms with Gasteiger partial charge in [0, 0.05) is 34.9 Å². The first-order chi connectivity index (χ1) is 18.9.